The van der Waals surface area contributed by atoms with E-state index in [0.717, 1.165) is 11.4 Å². The molecule has 168 valence electrons. The highest BCUT2D eigenvalue weighted by atomic mass is 35.5. The van der Waals surface area contributed by atoms with Crippen LogP contribution in [0.1, 0.15) is 60.9 Å². The van der Waals surface area contributed by atoms with Crippen LogP contribution in [-0.2, 0) is 9.47 Å². The van der Waals surface area contributed by atoms with E-state index in [2.05, 4.69) is 15.1 Å². The predicted molar refractivity (Wildman–Crippen MR) is 117 cm³/mol. The number of nitrogens with zero attached hydrogens (tertiary/aromatic N) is 3. The summed E-state index contributed by atoms with van der Waals surface area (Å²) in [6.07, 6.45) is 0. The lowest BCUT2D eigenvalue weighted by molar-refractivity contribution is 0.0466. The molecule has 3 rings (SSSR count). The van der Waals surface area contributed by atoms with E-state index in [1.165, 1.54) is 6.07 Å². The van der Waals surface area contributed by atoms with Gasteiger partial charge in [0.15, 0.2) is 18.1 Å². The SMILES string of the molecule is CCOC(=O)c1c(C)[nH]c(C)c1C(=O)COC(=O)c1nc(-n2nc(C)cc2C)ccc1Cl. The normalized spacial score (nSPS) is 10.8. The van der Waals surface area contributed by atoms with Crippen molar-refractivity contribution in [1.29, 1.82) is 0 Å². The van der Waals surface area contributed by atoms with Gasteiger partial charge in [0.2, 0.25) is 5.78 Å². The van der Waals surface area contributed by atoms with E-state index in [4.69, 9.17) is 21.1 Å². The Labute approximate surface area is 189 Å². The molecule has 0 atom stereocenters. The number of rotatable bonds is 7. The van der Waals surface area contributed by atoms with Gasteiger partial charge in [0.1, 0.15) is 0 Å². The number of pyridine rings is 1. The summed E-state index contributed by atoms with van der Waals surface area (Å²) >= 11 is 6.14. The van der Waals surface area contributed by atoms with Crippen LogP contribution < -0.4 is 0 Å². The lowest BCUT2D eigenvalue weighted by Crippen LogP contribution is -2.19. The number of carbonyl (C=O) groups is 3. The maximum atomic E-state index is 12.8. The Balaban J connectivity index is 1.81. The minimum Gasteiger partial charge on any atom is -0.462 e. The maximum absolute atomic E-state index is 12.8. The van der Waals surface area contributed by atoms with Crippen molar-refractivity contribution in [2.75, 3.05) is 13.2 Å². The Kier molecular flexibility index (Phi) is 6.78. The zero-order valence-electron chi connectivity index (χ0n) is 18.4. The number of H-pyrrole nitrogens is 1. The van der Waals surface area contributed by atoms with Crippen LogP contribution >= 0.6 is 11.6 Å². The summed E-state index contributed by atoms with van der Waals surface area (Å²) in [6, 6.07) is 5.01. The summed E-state index contributed by atoms with van der Waals surface area (Å²) in [6.45, 7) is 8.27. The Bertz CT molecular complexity index is 1210. The van der Waals surface area contributed by atoms with Gasteiger partial charge in [-0.1, -0.05) is 11.6 Å². The molecule has 0 spiro atoms. The number of nitrogens with one attached hydrogen (secondary N) is 1. The second-order valence-electron chi connectivity index (χ2n) is 7.18. The first-order valence-corrected chi connectivity index (χ1v) is 10.3. The molecule has 0 amide bonds. The van der Waals surface area contributed by atoms with Crippen molar-refractivity contribution in [3.63, 3.8) is 0 Å². The minimum atomic E-state index is -0.866. The zero-order valence-corrected chi connectivity index (χ0v) is 19.2. The van der Waals surface area contributed by atoms with Crippen LogP contribution in [0.2, 0.25) is 5.02 Å². The summed E-state index contributed by atoms with van der Waals surface area (Å²) < 4.78 is 11.8. The third-order valence-corrected chi connectivity index (χ3v) is 5.02. The van der Waals surface area contributed by atoms with Gasteiger partial charge in [0.05, 0.1) is 28.5 Å². The number of ether oxygens (including phenoxy) is 2. The molecule has 0 unspecified atom stereocenters. The average Bonchev–Trinajstić information content (AvgIpc) is 3.23. The number of aryl methyl sites for hydroxylation is 4. The lowest BCUT2D eigenvalue weighted by Gasteiger charge is -2.09. The number of Topliss-reactive ketones (excluding diaryl/α,β-unsaturated/α-hetero) is 1. The van der Waals surface area contributed by atoms with Crippen molar-refractivity contribution in [3.05, 3.63) is 62.8 Å². The van der Waals surface area contributed by atoms with Crippen molar-refractivity contribution in [2.45, 2.75) is 34.6 Å². The molecule has 1 N–H and O–H groups in total. The van der Waals surface area contributed by atoms with Crippen LogP contribution in [0.25, 0.3) is 5.82 Å². The number of halogens is 1. The molecule has 3 aromatic heterocycles. The van der Waals surface area contributed by atoms with Crippen molar-refractivity contribution in [1.82, 2.24) is 19.7 Å². The molecule has 0 aliphatic rings. The van der Waals surface area contributed by atoms with Crippen molar-refractivity contribution in [2.24, 2.45) is 0 Å². The highest BCUT2D eigenvalue weighted by Crippen LogP contribution is 2.22. The Morgan fingerprint density at radius 3 is 2.34 bits per heavy atom. The molecule has 0 saturated carbocycles. The standard InChI is InChI=1S/C22H23ClN4O5/c1-6-31-21(29)19-14(5)24-13(4)18(19)16(28)10-32-22(30)20-15(23)7-8-17(25-20)27-12(3)9-11(2)26-27/h7-9,24H,6,10H2,1-5H3. The highest BCUT2D eigenvalue weighted by Gasteiger charge is 2.26. The van der Waals surface area contributed by atoms with E-state index < -0.39 is 24.3 Å². The monoisotopic (exact) mass is 458 g/mol. The van der Waals surface area contributed by atoms with E-state index >= 15 is 0 Å². The topological polar surface area (TPSA) is 116 Å². The first-order valence-electron chi connectivity index (χ1n) is 9.90. The molecule has 0 aromatic carbocycles. The van der Waals surface area contributed by atoms with Gasteiger partial charge in [0, 0.05) is 17.1 Å². The lowest BCUT2D eigenvalue weighted by atomic mass is 10.1. The molecule has 0 radical (unpaired) electrons. The first-order chi connectivity index (χ1) is 15.1. The van der Waals surface area contributed by atoms with Crippen molar-refractivity contribution in [3.8, 4) is 5.82 Å². The fourth-order valence-electron chi connectivity index (χ4n) is 3.41. The van der Waals surface area contributed by atoms with E-state index in [1.807, 2.05) is 19.9 Å². The number of ketones is 1. The van der Waals surface area contributed by atoms with Crippen LogP contribution in [0.4, 0.5) is 0 Å². The number of hydrogen-bond acceptors (Lipinski definition) is 7. The van der Waals surface area contributed by atoms with Crippen LogP contribution in [-0.4, -0.2) is 50.7 Å². The van der Waals surface area contributed by atoms with E-state index in [9.17, 15) is 14.4 Å². The van der Waals surface area contributed by atoms with E-state index in [-0.39, 0.29) is 28.5 Å². The van der Waals surface area contributed by atoms with Crippen LogP contribution in [0.5, 0.6) is 0 Å². The quantitative estimate of drug-likeness (QED) is 0.423. The zero-order chi connectivity index (χ0) is 23.6. The molecule has 0 aliphatic carbocycles. The van der Waals surface area contributed by atoms with E-state index in [0.29, 0.717) is 17.2 Å². The fourth-order valence-corrected chi connectivity index (χ4v) is 3.60. The van der Waals surface area contributed by atoms with Gasteiger partial charge in [0.25, 0.3) is 0 Å². The van der Waals surface area contributed by atoms with Gasteiger partial charge in [-0.05, 0) is 52.8 Å². The second-order valence-corrected chi connectivity index (χ2v) is 7.59. The Hall–Kier alpha value is -3.46. The summed E-state index contributed by atoms with van der Waals surface area (Å²) in [4.78, 5) is 44.9. The number of hydrogen-bond donors (Lipinski definition) is 1. The number of aromatic nitrogens is 4. The molecule has 0 aliphatic heterocycles. The molecular formula is C22H23ClN4O5. The molecule has 3 heterocycles. The van der Waals surface area contributed by atoms with Crippen LogP contribution in [0.15, 0.2) is 18.2 Å². The van der Waals surface area contributed by atoms with Gasteiger partial charge in [-0.25, -0.2) is 19.3 Å². The number of aromatic amines is 1. The predicted octanol–water partition coefficient (Wildman–Crippen LogP) is 3.70. The minimum absolute atomic E-state index is 0.0774. The number of carbonyl (C=O) groups excluding carboxylic acids is 3. The highest BCUT2D eigenvalue weighted by molar-refractivity contribution is 6.33. The first kappa shape index (κ1) is 23.2. The van der Waals surface area contributed by atoms with Gasteiger partial charge < -0.3 is 14.5 Å². The van der Waals surface area contributed by atoms with Crippen LogP contribution in [0.3, 0.4) is 0 Å². The molecule has 0 bridgehead atoms. The van der Waals surface area contributed by atoms with Gasteiger partial charge in [-0.15, -0.1) is 0 Å². The molecule has 3 aromatic rings. The molecule has 10 heteroatoms. The van der Waals surface area contributed by atoms with Gasteiger partial charge in [-0.2, -0.15) is 5.10 Å². The summed E-state index contributed by atoms with van der Waals surface area (Å²) in [5, 5.41) is 4.41. The molecular weight excluding hydrogens is 436 g/mol. The molecule has 0 fully saturated rings. The van der Waals surface area contributed by atoms with Gasteiger partial charge >= 0.3 is 11.9 Å². The van der Waals surface area contributed by atoms with Crippen molar-refractivity contribution < 1.29 is 23.9 Å². The van der Waals surface area contributed by atoms with Gasteiger partial charge in [-0.3, -0.25) is 4.79 Å². The summed E-state index contributed by atoms with van der Waals surface area (Å²) in [5.41, 5.74) is 2.72. The Morgan fingerprint density at radius 1 is 1.03 bits per heavy atom. The summed E-state index contributed by atoms with van der Waals surface area (Å²) in [5.74, 6) is -1.64. The largest absolute Gasteiger partial charge is 0.462 e. The smallest absolute Gasteiger partial charge is 0.359 e. The second kappa shape index (κ2) is 9.35. The molecule has 9 nitrogen and oxygen atoms in total. The third-order valence-electron chi connectivity index (χ3n) is 4.72. The van der Waals surface area contributed by atoms with Crippen molar-refractivity contribution >= 4 is 29.3 Å². The Morgan fingerprint density at radius 2 is 1.72 bits per heavy atom. The number of esters is 2. The summed E-state index contributed by atoms with van der Waals surface area (Å²) in [7, 11) is 0. The molecule has 0 saturated heterocycles. The fraction of sp³-hybridized carbons (Fsp3) is 0.318. The molecule has 32 heavy (non-hydrogen) atoms. The van der Waals surface area contributed by atoms with E-state index in [1.54, 1.807) is 31.5 Å². The average molecular weight is 459 g/mol. The van der Waals surface area contributed by atoms with Crippen LogP contribution in [0, 0.1) is 27.7 Å². The third kappa shape index (κ3) is 4.57. The maximum Gasteiger partial charge on any atom is 0.359 e.